The van der Waals surface area contributed by atoms with Gasteiger partial charge >= 0.3 is 0 Å². The molecule has 0 amide bonds. The van der Waals surface area contributed by atoms with Crippen LogP contribution in [-0.2, 0) is 7.05 Å². The summed E-state index contributed by atoms with van der Waals surface area (Å²) in [6.45, 7) is 1.93. The van der Waals surface area contributed by atoms with Crippen LogP contribution in [0.5, 0.6) is 5.75 Å². The number of hydrogen-bond acceptors (Lipinski definition) is 6. The number of imidazole rings is 1. The minimum absolute atomic E-state index is 0.460. The van der Waals surface area contributed by atoms with Crippen molar-refractivity contribution in [1.29, 1.82) is 0 Å². The normalized spacial score (nSPS) is 10.6. The summed E-state index contributed by atoms with van der Waals surface area (Å²) in [6, 6.07) is 5.74. The number of methoxy groups -OCH3 is 1. The minimum Gasteiger partial charge on any atom is -0.496 e. The lowest BCUT2D eigenvalue weighted by atomic mass is 10.1. The average molecular weight is 361 g/mol. The Morgan fingerprint density at radius 2 is 2.04 bits per heavy atom. The molecule has 0 aliphatic heterocycles. The van der Waals surface area contributed by atoms with E-state index in [1.165, 1.54) is 0 Å². The van der Waals surface area contributed by atoms with E-state index in [0.717, 1.165) is 33.0 Å². The predicted octanol–water partition coefficient (Wildman–Crippen LogP) is 3.20. The predicted molar refractivity (Wildman–Crippen MR) is 101 cm³/mol. The van der Waals surface area contributed by atoms with Gasteiger partial charge in [-0.15, -0.1) is 11.3 Å². The number of aromatic nitrogens is 5. The van der Waals surface area contributed by atoms with Crippen molar-refractivity contribution >= 4 is 22.2 Å². The standard InChI is InChI=1S/C19H15N5OS/c1-12-18-13(5-4-6-15(18)25-3)22-16(21-12)7-8-17-23-14(11-24(17)2)19-20-9-10-26-19/h4-6,9-11H,1-3H3. The van der Waals surface area contributed by atoms with Crippen molar-refractivity contribution in [2.75, 3.05) is 7.11 Å². The molecule has 0 N–H and O–H groups in total. The van der Waals surface area contributed by atoms with E-state index in [-0.39, 0.29) is 0 Å². The minimum atomic E-state index is 0.460. The Hall–Kier alpha value is -3.24. The van der Waals surface area contributed by atoms with E-state index in [2.05, 4.69) is 31.8 Å². The van der Waals surface area contributed by atoms with Gasteiger partial charge in [-0.25, -0.2) is 19.9 Å². The molecule has 0 aliphatic rings. The van der Waals surface area contributed by atoms with Crippen molar-refractivity contribution in [1.82, 2.24) is 24.5 Å². The first kappa shape index (κ1) is 16.2. The highest BCUT2D eigenvalue weighted by Gasteiger charge is 2.09. The summed E-state index contributed by atoms with van der Waals surface area (Å²) in [5.41, 5.74) is 2.46. The lowest BCUT2D eigenvalue weighted by Crippen LogP contribution is -1.97. The molecule has 0 saturated carbocycles. The molecule has 0 spiro atoms. The van der Waals surface area contributed by atoms with E-state index >= 15 is 0 Å². The van der Waals surface area contributed by atoms with E-state index in [1.807, 2.05) is 48.3 Å². The smallest absolute Gasteiger partial charge is 0.206 e. The van der Waals surface area contributed by atoms with Crippen molar-refractivity contribution < 1.29 is 4.74 Å². The quantitative estimate of drug-likeness (QED) is 0.513. The van der Waals surface area contributed by atoms with E-state index in [0.29, 0.717) is 11.6 Å². The fraction of sp³-hybridized carbons (Fsp3) is 0.158. The molecule has 1 aromatic carbocycles. The van der Waals surface area contributed by atoms with Crippen LogP contribution in [0.2, 0.25) is 0 Å². The van der Waals surface area contributed by atoms with Crippen LogP contribution in [0.4, 0.5) is 0 Å². The Kier molecular flexibility index (Phi) is 4.11. The third-order valence-corrected chi connectivity index (χ3v) is 4.70. The summed E-state index contributed by atoms with van der Waals surface area (Å²) in [5, 5.41) is 3.71. The number of hydrogen-bond donors (Lipinski definition) is 0. The molecule has 7 heteroatoms. The average Bonchev–Trinajstić information content (AvgIpc) is 3.29. The third kappa shape index (κ3) is 2.91. The first-order chi connectivity index (χ1) is 12.7. The molecule has 0 fully saturated rings. The maximum Gasteiger partial charge on any atom is 0.206 e. The lowest BCUT2D eigenvalue weighted by molar-refractivity contribution is 0.419. The molecule has 3 aromatic heterocycles. The Morgan fingerprint density at radius 3 is 2.81 bits per heavy atom. The molecule has 6 nitrogen and oxygen atoms in total. The summed E-state index contributed by atoms with van der Waals surface area (Å²) < 4.78 is 7.27. The fourth-order valence-electron chi connectivity index (χ4n) is 2.70. The molecule has 26 heavy (non-hydrogen) atoms. The summed E-state index contributed by atoms with van der Waals surface area (Å²) in [4.78, 5) is 17.9. The van der Waals surface area contributed by atoms with Crippen LogP contribution in [0.3, 0.4) is 0 Å². The van der Waals surface area contributed by atoms with E-state index in [9.17, 15) is 0 Å². The Morgan fingerprint density at radius 1 is 1.15 bits per heavy atom. The van der Waals surface area contributed by atoms with Crippen LogP contribution < -0.4 is 4.74 Å². The maximum absolute atomic E-state index is 5.40. The first-order valence-electron chi connectivity index (χ1n) is 7.92. The zero-order valence-corrected chi connectivity index (χ0v) is 15.3. The van der Waals surface area contributed by atoms with Crippen LogP contribution in [-0.4, -0.2) is 31.6 Å². The Bertz CT molecular complexity index is 1150. The first-order valence-corrected chi connectivity index (χ1v) is 8.80. The van der Waals surface area contributed by atoms with E-state index in [4.69, 9.17) is 4.74 Å². The summed E-state index contributed by atoms with van der Waals surface area (Å²) in [6.07, 6.45) is 3.68. The largest absolute Gasteiger partial charge is 0.496 e. The molecule has 4 rings (SSSR count). The van der Waals surface area contributed by atoms with Crippen LogP contribution in [0.15, 0.2) is 36.0 Å². The molecule has 4 aromatic rings. The molecular weight excluding hydrogens is 346 g/mol. The van der Waals surface area contributed by atoms with Gasteiger partial charge < -0.3 is 9.30 Å². The highest BCUT2D eigenvalue weighted by Crippen LogP contribution is 2.26. The third-order valence-electron chi connectivity index (χ3n) is 3.90. The summed E-state index contributed by atoms with van der Waals surface area (Å²) in [7, 11) is 3.55. The van der Waals surface area contributed by atoms with Crippen LogP contribution in [0.1, 0.15) is 17.3 Å². The van der Waals surface area contributed by atoms with Gasteiger partial charge in [0, 0.05) is 24.8 Å². The van der Waals surface area contributed by atoms with Gasteiger partial charge in [0.1, 0.15) is 16.5 Å². The van der Waals surface area contributed by atoms with Crippen LogP contribution in [0, 0.1) is 18.8 Å². The van der Waals surface area contributed by atoms with Gasteiger partial charge in [-0.2, -0.15) is 0 Å². The SMILES string of the molecule is COc1cccc2nc(C#Cc3nc(-c4nccs4)cn3C)nc(C)c12. The Balaban J connectivity index is 1.73. The molecule has 0 atom stereocenters. The highest BCUT2D eigenvalue weighted by molar-refractivity contribution is 7.13. The van der Waals surface area contributed by atoms with Gasteiger partial charge in [0.2, 0.25) is 5.82 Å². The second-order valence-corrected chi connectivity index (χ2v) is 6.53. The van der Waals surface area contributed by atoms with Crippen molar-refractivity contribution in [3.8, 4) is 28.3 Å². The number of aryl methyl sites for hydroxylation is 2. The molecule has 0 aliphatic carbocycles. The Labute approximate surface area is 154 Å². The summed E-state index contributed by atoms with van der Waals surface area (Å²) in [5.74, 6) is 7.93. The van der Waals surface area contributed by atoms with E-state index in [1.54, 1.807) is 24.6 Å². The lowest BCUT2D eigenvalue weighted by Gasteiger charge is -2.07. The zero-order chi connectivity index (χ0) is 18.1. The van der Waals surface area contributed by atoms with Gasteiger partial charge in [-0.1, -0.05) is 6.07 Å². The van der Waals surface area contributed by atoms with Gasteiger partial charge in [0.05, 0.1) is 23.7 Å². The number of nitrogens with zero attached hydrogens (tertiary/aromatic N) is 5. The number of thiazole rings is 1. The second kappa shape index (κ2) is 6.58. The summed E-state index contributed by atoms with van der Waals surface area (Å²) >= 11 is 1.55. The van der Waals surface area contributed by atoms with Crippen LogP contribution >= 0.6 is 11.3 Å². The number of benzene rings is 1. The van der Waals surface area contributed by atoms with Gasteiger partial charge in [-0.3, -0.25) is 0 Å². The second-order valence-electron chi connectivity index (χ2n) is 5.63. The highest BCUT2D eigenvalue weighted by atomic mass is 32.1. The molecular formula is C19H15N5OS. The van der Waals surface area contributed by atoms with Crippen LogP contribution in [0.25, 0.3) is 21.6 Å². The van der Waals surface area contributed by atoms with Gasteiger partial charge in [0.15, 0.2) is 5.82 Å². The molecule has 0 radical (unpaired) electrons. The molecule has 0 saturated heterocycles. The number of fused-ring (bicyclic) bond motifs is 1. The van der Waals surface area contributed by atoms with Crippen molar-refractivity contribution in [3.63, 3.8) is 0 Å². The van der Waals surface area contributed by atoms with Gasteiger partial charge in [-0.05, 0) is 30.9 Å². The topological polar surface area (TPSA) is 65.7 Å². The molecule has 0 unspecified atom stereocenters. The zero-order valence-electron chi connectivity index (χ0n) is 14.5. The van der Waals surface area contributed by atoms with Gasteiger partial charge in [0.25, 0.3) is 0 Å². The molecule has 3 heterocycles. The number of rotatable bonds is 2. The monoisotopic (exact) mass is 361 g/mol. The molecule has 128 valence electrons. The maximum atomic E-state index is 5.40. The van der Waals surface area contributed by atoms with E-state index < -0.39 is 0 Å². The molecule has 0 bridgehead atoms. The van der Waals surface area contributed by atoms with Crippen molar-refractivity contribution in [3.05, 3.63) is 53.3 Å². The van der Waals surface area contributed by atoms with Crippen molar-refractivity contribution in [2.45, 2.75) is 6.92 Å². The van der Waals surface area contributed by atoms with Crippen molar-refractivity contribution in [2.24, 2.45) is 7.05 Å². The fourth-order valence-corrected chi connectivity index (χ4v) is 3.29. The number of ether oxygens (including phenoxy) is 1.